The lowest BCUT2D eigenvalue weighted by atomic mass is 10.0. The molecule has 0 aromatic rings. The third kappa shape index (κ3) is 21.8. The van der Waals surface area contributed by atoms with Crippen molar-refractivity contribution < 1.29 is 19.1 Å². The zero-order chi connectivity index (χ0) is 23.7. The van der Waals surface area contributed by atoms with Crippen LogP contribution in [0.1, 0.15) is 124 Å². The van der Waals surface area contributed by atoms with E-state index in [4.69, 9.17) is 9.47 Å². The first-order valence-corrected chi connectivity index (χ1v) is 13.3. The highest BCUT2D eigenvalue weighted by Gasteiger charge is 2.12. The number of allylic oxidation sites excluding steroid dienone is 3. The van der Waals surface area contributed by atoms with Gasteiger partial charge in [-0.05, 0) is 52.0 Å². The maximum absolute atomic E-state index is 12.0. The van der Waals surface area contributed by atoms with Gasteiger partial charge in [-0.1, -0.05) is 83.3 Å². The van der Waals surface area contributed by atoms with Crippen LogP contribution < -0.4 is 0 Å². The fourth-order valence-electron chi connectivity index (χ4n) is 3.74. The quantitative estimate of drug-likeness (QED) is 0.0687. The van der Waals surface area contributed by atoms with Crippen LogP contribution in [0.2, 0.25) is 0 Å². The number of rotatable bonds is 23. The Morgan fingerprint density at radius 2 is 1.25 bits per heavy atom. The minimum absolute atomic E-state index is 0.0591. The van der Waals surface area contributed by atoms with Gasteiger partial charge < -0.3 is 9.47 Å². The van der Waals surface area contributed by atoms with Crippen molar-refractivity contribution in [2.24, 2.45) is 0 Å². The molecule has 0 heterocycles. The van der Waals surface area contributed by atoms with Gasteiger partial charge in [0.2, 0.25) is 0 Å². The van der Waals surface area contributed by atoms with Crippen molar-refractivity contribution >= 4 is 11.8 Å². The van der Waals surface area contributed by atoms with Crippen LogP contribution in [0.4, 0.5) is 0 Å². The predicted molar refractivity (Wildman–Crippen MR) is 135 cm³/mol. The third-order valence-corrected chi connectivity index (χ3v) is 5.56. The molecule has 0 aromatic heterocycles. The molecule has 0 aliphatic heterocycles. The molecule has 1 unspecified atom stereocenters. The van der Waals surface area contributed by atoms with Gasteiger partial charge in [0.1, 0.15) is 0 Å². The first kappa shape index (κ1) is 30.6. The number of hydrogen-bond donors (Lipinski definition) is 0. The highest BCUT2D eigenvalue weighted by atomic mass is 16.5. The van der Waals surface area contributed by atoms with E-state index in [0.29, 0.717) is 19.6 Å². The molecule has 0 fully saturated rings. The first-order valence-electron chi connectivity index (χ1n) is 13.3. The van der Waals surface area contributed by atoms with Crippen LogP contribution in [0.5, 0.6) is 0 Å². The normalized spacial score (nSPS) is 12.6. The largest absolute Gasteiger partial charge is 0.463 e. The smallest absolute Gasteiger partial charge is 0.330 e. The summed E-state index contributed by atoms with van der Waals surface area (Å²) in [4.78, 5) is 23.3. The Morgan fingerprint density at radius 3 is 1.81 bits per heavy atom. The molecule has 4 heteroatoms. The van der Waals surface area contributed by atoms with Crippen molar-refractivity contribution in [2.45, 2.75) is 130 Å². The summed E-state index contributed by atoms with van der Waals surface area (Å²) in [6, 6.07) is 0. The summed E-state index contributed by atoms with van der Waals surface area (Å²) in [7, 11) is 0. The Morgan fingerprint density at radius 1 is 0.688 bits per heavy atom. The summed E-state index contributed by atoms with van der Waals surface area (Å²) >= 11 is 0. The summed E-state index contributed by atoms with van der Waals surface area (Å²) in [6.07, 6.45) is 26.5. The van der Waals surface area contributed by atoms with E-state index in [-0.39, 0.29) is 11.9 Å². The van der Waals surface area contributed by atoms with Crippen LogP contribution in [-0.4, -0.2) is 31.1 Å². The molecule has 186 valence electrons. The van der Waals surface area contributed by atoms with Gasteiger partial charge in [-0.3, -0.25) is 4.79 Å². The predicted octanol–water partition coefficient (Wildman–Crippen LogP) is 7.90. The molecule has 0 radical (unpaired) electrons. The summed E-state index contributed by atoms with van der Waals surface area (Å²) in [5, 5.41) is 0. The number of carbonyl (C=O) groups is 2. The van der Waals surface area contributed by atoms with E-state index in [1.54, 1.807) is 6.92 Å². The van der Waals surface area contributed by atoms with Gasteiger partial charge in [0.05, 0.1) is 12.7 Å². The maximum atomic E-state index is 12.0. The molecule has 0 amide bonds. The fraction of sp³-hybridized carbons (Fsp3) is 0.786. The van der Waals surface area contributed by atoms with Crippen molar-refractivity contribution in [3.05, 3.63) is 24.3 Å². The van der Waals surface area contributed by atoms with Gasteiger partial charge in [-0.15, -0.1) is 0 Å². The molecule has 0 saturated heterocycles. The topological polar surface area (TPSA) is 52.6 Å². The molecule has 1 atom stereocenters. The monoisotopic (exact) mass is 450 g/mol. The SMILES string of the molecule is CCCCCCCC/C=C\CCCCCCCCC(CC(=O)/C=C/C(=O)OCC)OCC. The van der Waals surface area contributed by atoms with Crippen molar-refractivity contribution in [1.29, 1.82) is 0 Å². The van der Waals surface area contributed by atoms with Gasteiger partial charge in [-0.2, -0.15) is 0 Å². The standard InChI is InChI=1S/C28H50O4/c1-4-7-8-9-10-11-12-13-14-15-16-17-18-19-20-21-22-27(31-5-2)25-26(29)23-24-28(30)32-6-3/h13-14,23-24,27H,4-12,15-22,25H2,1-3H3/b14-13-,24-23+. The van der Waals surface area contributed by atoms with Gasteiger partial charge in [0.15, 0.2) is 5.78 Å². The Balaban J connectivity index is 3.67. The average molecular weight is 451 g/mol. The molecule has 0 aliphatic carbocycles. The second-order valence-electron chi connectivity index (χ2n) is 8.56. The van der Waals surface area contributed by atoms with Crippen LogP contribution in [0.3, 0.4) is 0 Å². The molecular formula is C28H50O4. The molecule has 0 saturated carbocycles. The van der Waals surface area contributed by atoms with Gasteiger partial charge in [-0.25, -0.2) is 4.79 Å². The van der Waals surface area contributed by atoms with Crippen molar-refractivity contribution in [1.82, 2.24) is 0 Å². The van der Waals surface area contributed by atoms with Gasteiger partial charge in [0.25, 0.3) is 0 Å². The molecule has 0 N–H and O–H groups in total. The van der Waals surface area contributed by atoms with E-state index in [9.17, 15) is 9.59 Å². The molecular weight excluding hydrogens is 400 g/mol. The van der Waals surface area contributed by atoms with E-state index < -0.39 is 5.97 Å². The second kappa shape index (κ2) is 24.2. The van der Waals surface area contributed by atoms with Crippen molar-refractivity contribution in [3.63, 3.8) is 0 Å². The lowest BCUT2D eigenvalue weighted by Gasteiger charge is -2.15. The lowest BCUT2D eigenvalue weighted by Crippen LogP contribution is -2.17. The number of ketones is 1. The van der Waals surface area contributed by atoms with Crippen LogP contribution in [0.25, 0.3) is 0 Å². The van der Waals surface area contributed by atoms with E-state index in [1.807, 2.05) is 6.92 Å². The van der Waals surface area contributed by atoms with Crippen molar-refractivity contribution in [2.75, 3.05) is 13.2 Å². The second-order valence-corrected chi connectivity index (χ2v) is 8.56. The number of ether oxygens (including phenoxy) is 2. The molecule has 0 spiro atoms. The van der Waals surface area contributed by atoms with E-state index in [1.165, 1.54) is 95.6 Å². The minimum atomic E-state index is -0.470. The van der Waals surface area contributed by atoms with Gasteiger partial charge >= 0.3 is 5.97 Å². The van der Waals surface area contributed by atoms with Crippen LogP contribution in [-0.2, 0) is 19.1 Å². The Hall–Kier alpha value is -1.42. The highest BCUT2D eigenvalue weighted by molar-refractivity contribution is 5.96. The molecule has 0 aliphatic rings. The Bertz CT molecular complexity index is 496. The molecule has 0 rings (SSSR count). The van der Waals surface area contributed by atoms with E-state index in [2.05, 4.69) is 19.1 Å². The summed E-state index contributed by atoms with van der Waals surface area (Å²) in [6.45, 7) is 6.88. The summed E-state index contributed by atoms with van der Waals surface area (Å²) in [5.74, 6) is -0.553. The Kier molecular flexibility index (Phi) is 23.2. The molecule has 0 bridgehead atoms. The minimum Gasteiger partial charge on any atom is -0.463 e. The van der Waals surface area contributed by atoms with Crippen LogP contribution in [0.15, 0.2) is 24.3 Å². The zero-order valence-electron chi connectivity index (χ0n) is 21.2. The maximum Gasteiger partial charge on any atom is 0.330 e. The molecule has 4 nitrogen and oxygen atoms in total. The van der Waals surface area contributed by atoms with Crippen LogP contribution >= 0.6 is 0 Å². The Labute approximate surface area is 198 Å². The summed E-state index contributed by atoms with van der Waals surface area (Å²) < 4.78 is 10.5. The van der Waals surface area contributed by atoms with E-state index in [0.717, 1.165) is 12.8 Å². The van der Waals surface area contributed by atoms with Gasteiger partial charge in [0, 0.05) is 19.1 Å². The average Bonchev–Trinajstić information content (AvgIpc) is 2.77. The third-order valence-electron chi connectivity index (χ3n) is 5.56. The molecule has 0 aromatic carbocycles. The summed E-state index contributed by atoms with van der Waals surface area (Å²) in [5.41, 5.74) is 0. The first-order chi connectivity index (χ1) is 15.6. The zero-order valence-corrected chi connectivity index (χ0v) is 21.2. The number of carbonyl (C=O) groups excluding carboxylic acids is 2. The fourth-order valence-corrected chi connectivity index (χ4v) is 3.74. The number of hydrogen-bond acceptors (Lipinski definition) is 4. The lowest BCUT2D eigenvalue weighted by molar-refractivity contribution is -0.137. The number of esters is 1. The highest BCUT2D eigenvalue weighted by Crippen LogP contribution is 2.14. The van der Waals surface area contributed by atoms with E-state index >= 15 is 0 Å². The molecule has 32 heavy (non-hydrogen) atoms. The van der Waals surface area contributed by atoms with Crippen molar-refractivity contribution in [3.8, 4) is 0 Å². The van der Waals surface area contributed by atoms with Crippen LogP contribution in [0, 0.1) is 0 Å². The number of unbranched alkanes of at least 4 members (excludes halogenated alkanes) is 12.